The lowest BCUT2D eigenvalue weighted by Gasteiger charge is -2.16. The number of carbonyl (C=O) groups is 2. The van der Waals surface area contributed by atoms with Crippen LogP contribution in [0.4, 0.5) is 11.4 Å². The highest BCUT2D eigenvalue weighted by atomic mass is 35.5. The van der Waals surface area contributed by atoms with Gasteiger partial charge in [0, 0.05) is 12.1 Å². The molecule has 0 spiro atoms. The quantitative estimate of drug-likeness (QED) is 0.109. The van der Waals surface area contributed by atoms with Crippen LogP contribution in [0.15, 0.2) is 89.0 Å². The van der Waals surface area contributed by atoms with Crippen LogP contribution in [0.25, 0.3) is 5.69 Å². The molecule has 2 N–H and O–H groups in total. The minimum absolute atomic E-state index is 0.0433. The zero-order chi connectivity index (χ0) is 32.8. The molecular formula is C35H41ClN8O2S. The van der Waals surface area contributed by atoms with Gasteiger partial charge in [0.05, 0.1) is 22.9 Å². The molecule has 1 saturated heterocycles. The van der Waals surface area contributed by atoms with Crippen LogP contribution in [0.5, 0.6) is 0 Å². The molecule has 1 atom stereocenters. The van der Waals surface area contributed by atoms with Gasteiger partial charge in [-0.05, 0) is 52.7 Å². The molecule has 2 heterocycles. The summed E-state index contributed by atoms with van der Waals surface area (Å²) in [5.74, 6) is 0.152. The summed E-state index contributed by atoms with van der Waals surface area (Å²) < 4.78 is 1.59. The number of hydrogen-bond acceptors (Lipinski definition) is 7. The number of tetrazole rings is 1. The number of aliphatic imine (C=N–C) groups is 1. The second kappa shape index (κ2) is 17.6. The minimum atomic E-state index is -0.770. The molecule has 1 unspecified atom stereocenters. The monoisotopic (exact) mass is 672 g/mol. The van der Waals surface area contributed by atoms with Crippen LogP contribution in [0.3, 0.4) is 0 Å². The standard InChI is InChI=1S/C35H41ClN8O2S/c1-2-3-4-5-6-7-8-9-16-21-31(45)37-27-22-23-29(36)30(24-27)38-33-32(34(46)43(40-33)25-26-17-12-10-13-18-26)47-35-39-41-42-44(35)28-19-14-11-15-20-28/h10-15,17-20,22-24,32H,2-9,16,21,25H2,1H3,(H,37,45)(H,38,40). The lowest BCUT2D eigenvalue weighted by Crippen LogP contribution is -2.35. The summed E-state index contributed by atoms with van der Waals surface area (Å²) in [6.45, 7) is 2.57. The third kappa shape index (κ3) is 9.89. The largest absolute Gasteiger partial charge is 0.326 e. The van der Waals surface area contributed by atoms with Crippen molar-refractivity contribution in [2.45, 2.75) is 88.1 Å². The molecule has 0 aliphatic carbocycles. The Morgan fingerprint density at radius 2 is 1.62 bits per heavy atom. The Balaban J connectivity index is 1.28. The van der Waals surface area contributed by atoms with E-state index < -0.39 is 5.25 Å². The van der Waals surface area contributed by atoms with Crippen molar-refractivity contribution in [3.05, 3.63) is 89.4 Å². The van der Waals surface area contributed by atoms with Crippen LogP contribution >= 0.6 is 23.4 Å². The van der Waals surface area contributed by atoms with Crippen LogP contribution in [0, 0.1) is 0 Å². The summed E-state index contributed by atoms with van der Waals surface area (Å²) in [6.07, 6.45) is 11.2. The molecule has 5 rings (SSSR count). The molecule has 1 aliphatic rings. The number of para-hydroxylation sites is 1. The summed E-state index contributed by atoms with van der Waals surface area (Å²) in [6, 6.07) is 24.4. The normalized spacial score (nSPS) is 15.3. The van der Waals surface area contributed by atoms with Gasteiger partial charge in [-0.2, -0.15) is 4.68 Å². The maximum Gasteiger partial charge on any atom is 0.262 e. The van der Waals surface area contributed by atoms with Gasteiger partial charge in [0.15, 0.2) is 5.25 Å². The summed E-state index contributed by atoms with van der Waals surface area (Å²) in [7, 11) is 0. The van der Waals surface area contributed by atoms with Gasteiger partial charge in [-0.15, -0.1) is 5.10 Å². The molecule has 4 aromatic rings. The SMILES string of the molecule is CCCCCCCCCCCC(=O)Nc1ccc(Cl)c(N=C2NN(Cc3ccccc3)C(=O)C2Sc2nnnn2-c2ccccc2)c1. The van der Waals surface area contributed by atoms with E-state index in [1.54, 1.807) is 22.9 Å². The van der Waals surface area contributed by atoms with Gasteiger partial charge in [-0.25, -0.2) is 10.0 Å². The van der Waals surface area contributed by atoms with E-state index in [1.165, 1.54) is 55.3 Å². The van der Waals surface area contributed by atoms with Gasteiger partial charge < -0.3 is 5.32 Å². The van der Waals surface area contributed by atoms with Crippen LogP contribution in [0.1, 0.15) is 76.7 Å². The van der Waals surface area contributed by atoms with Crippen LogP contribution < -0.4 is 10.7 Å². The maximum atomic E-state index is 13.8. The Morgan fingerprint density at radius 1 is 0.936 bits per heavy atom. The molecule has 1 fully saturated rings. The molecular weight excluding hydrogens is 632 g/mol. The molecule has 12 heteroatoms. The number of nitrogens with one attached hydrogen (secondary N) is 2. The summed E-state index contributed by atoms with van der Waals surface area (Å²) >= 11 is 7.79. The second-order valence-electron chi connectivity index (χ2n) is 11.5. The van der Waals surface area contributed by atoms with Crippen molar-refractivity contribution in [3.8, 4) is 5.69 Å². The fourth-order valence-electron chi connectivity index (χ4n) is 5.30. The van der Waals surface area contributed by atoms with Crippen LogP contribution in [-0.2, 0) is 16.1 Å². The maximum absolute atomic E-state index is 13.8. The van der Waals surface area contributed by atoms with E-state index in [0.717, 1.165) is 30.5 Å². The van der Waals surface area contributed by atoms with Gasteiger partial charge in [-0.1, -0.05) is 130 Å². The number of rotatable bonds is 17. The Kier molecular flexibility index (Phi) is 12.8. The second-order valence-corrected chi connectivity index (χ2v) is 13.0. The number of unbranched alkanes of at least 4 members (excludes halogenated alkanes) is 8. The molecule has 1 aromatic heterocycles. The van der Waals surface area contributed by atoms with Crippen LogP contribution in [0.2, 0.25) is 5.02 Å². The predicted octanol–water partition coefficient (Wildman–Crippen LogP) is 7.91. The van der Waals surface area contributed by atoms with Crippen LogP contribution in [-0.4, -0.2) is 48.1 Å². The highest BCUT2D eigenvalue weighted by Gasteiger charge is 2.40. The molecule has 1 aliphatic heterocycles. The number of anilines is 1. The van der Waals surface area contributed by atoms with E-state index in [0.29, 0.717) is 40.4 Å². The molecule has 2 amide bonds. The smallest absolute Gasteiger partial charge is 0.262 e. The van der Waals surface area contributed by atoms with E-state index in [4.69, 9.17) is 16.6 Å². The number of benzene rings is 3. The van der Waals surface area contributed by atoms with Crippen molar-refractivity contribution in [1.29, 1.82) is 0 Å². The van der Waals surface area contributed by atoms with E-state index in [9.17, 15) is 9.59 Å². The highest BCUT2D eigenvalue weighted by Crippen LogP contribution is 2.33. The van der Waals surface area contributed by atoms with Gasteiger partial charge in [-0.3, -0.25) is 15.0 Å². The van der Waals surface area contributed by atoms with E-state index in [-0.39, 0.29) is 11.8 Å². The molecule has 246 valence electrons. The van der Waals surface area contributed by atoms with Crippen molar-refractivity contribution < 1.29 is 9.59 Å². The zero-order valence-electron chi connectivity index (χ0n) is 26.6. The first-order valence-electron chi connectivity index (χ1n) is 16.3. The van der Waals surface area contributed by atoms with E-state index >= 15 is 0 Å². The lowest BCUT2D eigenvalue weighted by molar-refractivity contribution is -0.129. The first kappa shape index (κ1) is 34.1. The third-order valence-corrected chi connectivity index (χ3v) is 9.26. The molecule has 0 saturated carbocycles. The average molecular weight is 673 g/mol. The Bertz CT molecular complexity index is 1630. The number of thioether (sulfide) groups is 1. The number of hydrogen-bond donors (Lipinski definition) is 2. The van der Waals surface area contributed by atoms with Crippen molar-refractivity contribution in [1.82, 2.24) is 30.6 Å². The number of halogens is 1. The van der Waals surface area contributed by atoms with Gasteiger partial charge in [0.2, 0.25) is 11.1 Å². The summed E-state index contributed by atoms with van der Waals surface area (Å²) in [5.41, 5.74) is 5.95. The fourth-order valence-corrected chi connectivity index (χ4v) is 6.44. The first-order valence-corrected chi connectivity index (χ1v) is 17.6. The summed E-state index contributed by atoms with van der Waals surface area (Å²) in [4.78, 5) is 31.3. The third-order valence-electron chi connectivity index (χ3n) is 7.81. The molecule has 47 heavy (non-hydrogen) atoms. The molecule has 0 radical (unpaired) electrons. The van der Waals surface area contributed by atoms with Gasteiger partial charge >= 0.3 is 0 Å². The highest BCUT2D eigenvalue weighted by molar-refractivity contribution is 8.01. The van der Waals surface area contributed by atoms with E-state index in [1.807, 2.05) is 60.7 Å². The molecule has 10 nitrogen and oxygen atoms in total. The Hall–Kier alpha value is -4.22. The Morgan fingerprint density at radius 3 is 2.34 bits per heavy atom. The topological polar surface area (TPSA) is 117 Å². The fraction of sp³-hybridized carbons (Fsp3) is 0.371. The Labute approximate surface area is 285 Å². The van der Waals surface area contributed by atoms with Crippen molar-refractivity contribution >= 4 is 52.4 Å². The number of amidine groups is 1. The predicted molar refractivity (Wildman–Crippen MR) is 188 cm³/mol. The van der Waals surface area contributed by atoms with Crippen molar-refractivity contribution in [2.24, 2.45) is 4.99 Å². The van der Waals surface area contributed by atoms with Gasteiger partial charge in [0.25, 0.3) is 5.91 Å². The average Bonchev–Trinajstić information content (AvgIpc) is 3.67. The number of hydrazine groups is 1. The first-order chi connectivity index (χ1) is 23.0. The summed E-state index contributed by atoms with van der Waals surface area (Å²) in [5, 5.41) is 16.8. The van der Waals surface area contributed by atoms with Gasteiger partial charge in [0.1, 0.15) is 5.84 Å². The lowest BCUT2D eigenvalue weighted by atomic mass is 10.1. The molecule has 0 bridgehead atoms. The number of nitrogens with zero attached hydrogens (tertiary/aromatic N) is 6. The number of carbonyl (C=O) groups excluding carboxylic acids is 2. The van der Waals surface area contributed by atoms with Crippen molar-refractivity contribution in [3.63, 3.8) is 0 Å². The minimum Gasteiger partial charge on any atom is -0.326 e. The number of aromatic nitrogens is 4. The van der Waals surface area contributed by atoms with E-state index in [2.05, 4.69) is 33.2 Å². The zero-order valence-corrected chi connectivity index (χ0v) is 28.2. The number of amides is 2. The van der Waals surface area contributed by atoms with Crippen molar-refractivity contribution in [2.75, 3.05) is 5.32 Å². The molecule has 3 aromatic carbocycles.